The molecule has 1 aliphatic heterocycles. The van der Waals surface area contributed by atoms with Gasteiger partial charge in [-0.2, -0.15) is 5.10 Å². The Labute approximate surface area is 200 Å². The van der Waals surface area contributed by atoms with Crippen molar-refractivity contribution >= 4 is 28.3 Å². The number of amidine groups is 1. The van der Waals surface area contributed by atoms with Crippen LogP contribution < -0.4 is 11.0 Å². The van der Waals surface area contributed by atoms with Gasteiger partial charge in [-0.15, -0.1) is 0 Å². The number of nitrogens with one attached hydrogen (secondary N) is 1. The highest BCUT2D eigenvalue weighted by molar-refractivity contribution is 8.14. The standard InChI is InChI=1S/C24H25N7O2S/c1-14-11-19(16(3)30(14)21-12-15(2)33-28-21)20-13-34-24(27-26-20)25-22-17(4)29(5)31(23(22)32)18-9-7-6-8-10-18/h6-12H,13H2,1-5H3,(H,25,27). The highest BCUT2D eigenvalue weighted by Crippen LogP contribution is 2.25. The Hall–Kier alpha value is -3.79. The van der Waals surface area contributed by atoms with E-state index in [9.17, 15) is 4.79 Å². The van der Waals surface area contributed by atoms with Crippen molar-refractivity contribution < 1.29 is 4.52 Å². The molecule has 0 spiro atoms. The molecule has 5 rings (SSSR count). The van der Waals surface area contributed by atoms with Gasteiger partial charge in [0.2, 0.25) is 0 Å². The van der Waals surface area contributed by atoms with Gasteiger partial charge >= 0.3 is 0 Å². The van der Waals surface area contributed by atoms with Crippen molar-refractivity contribution in [3.05, 3.63) is 81.2 Å². The van der Waals surface area contributed by atoms with Gasteiger partial charge in [0, 0.05) is 35.8 Å². The Morgan fingerprint density at radius 2 is 1.85 bits per heavy atom. The number of nitrogens with zero attached hydrogens (tertiary/aromatic N) is 6. The van der Waals surface area contributed by atoms with Crippen LogP contribution in [0.15, 0.2) is 61.9 Å². The van der Waals surface area contributed by atoms with Crippen molar-refractivity contribution in [3.63, 3.8) is 0 Å². The minimum Gasteiger partial charge on any atom is -0.360 e. The number of rotatable bonds is 4. The minimum atomic E-state index is -0.165. The number of benzene rings is 1. The predicted octanol–water partition coefficient (Wildman–Crippen LogP) is 3.92. The van der Waals surface area contributed by atoms with E-state index in [0.717, 1.165) is 45.6 Å². The molecule has 3 aromatic heterocycles. The van der Waals surface area contributed by atoms with Crippen molar-refractivity contribution in [1.82, 2.24) is 24.5 Å². The lowest BCUT2D eigenvalue weighted by molar-refractivity contribution is 0.394. The molecule has 1 N–H and O–H groups in total. The molecule has 1 aromatic carbocycles. The molecule has 0 saturated heterocycles. The highest BCUT2D eigenvalue weighted by atomic mass is 32.2. The molecular weight excluding hydrogens is 450 g/mol. The molecule has 0 fully saturated rings. The van der Waals surface area contributed by atoms with Crippen molar-refractivity contribution in [3.8, 4) is 11.5 Å². The third kappa shape index (κ3) is 3.69. The summed E-state index contributed by atoms with van der Waals surface area (Å²) in [7, 11) is 1.86. The molecule has 10 heteroatoms. The normalized spacial score (nSPS) is 15.0. The maximum absolute atomic E-state index is 13.1. The van der Waals surface area contributed by atoms with E-state index in [1.54, 1.807) is 4.68 Å². The molecule has 1 aliphatic rings. The maximum Gasteiger partial charge on any atom is 0.297 e. The van der Waals surface area contributed by atoms with Gasteiger partial charge in [0.1, 0.15) is 5.76 Å². The third-order valence-corrected chi connectivity index (χ3v) is 6.83. The molecule has 4 heterocycles. The molecular formula is C24H25N7O2S. The Balaban J connectivity index is 1.44. The lowest BCUT2D eigenvalue weighted by Crippen LogP contribution is -2.26. The SMILES string of the molecule is Cc1cc(-n2c(C)cc(C3=NNC(=Nc4c(C)n(C)n(-c5ccccc5)c4=O)SC3)c2C)no1. The van der Waals surface area contributed by atoms with Crippen LogP contribution in [0.4, 0.5) is 5.69 Å². The van der Waals surface area contributed by atoms with Crippen molar-refractivity contribution in [1.29, 1.82) is 0 Å². The Morgan fingerprint density at radius 1 is 1.09 bits per heavy atom. The molecule has 0 bridgehead atoms. The van der Waals surface area contributed by atoms with Crippen LogP contribution in [-0.4, -0.2) is 35.7 Å². The second-order valence-corrected chi connectivity index (χ2v) is 9.17. The quantitative estimate of drug-likeness (QED) is 0.483. The molecule has 0 atom stereocenters. The summed E-state index contributed by atoms with van der Waals surface area (Å²) in [4.78, 5) is 17.8. The Morgan fingerprint density at radius 3 is 2.50 bits per heavy atom. The first-order valence-corrected chi connectivity index (χ1v) is 11.8. The highest BCUT2D eigenvalue weighted by Gasteiger charge is 2.22. The van der Waals surface area contributed by atoms with E-state index < -0.39 is 0 Å². The van der Waals surface area contributed by atoms with E-state index in [0.29, 0.717) is 16.6 Å². The number of aromatic nitrogens is 4. The van der Waals surface area contributed by atoms with E-state index >= 15 is 0 Å². The number of hydrogen-bond donors (Lipinski definition) is 1. The summed E-state index contributed by atoms with van der Waals surface area (Å²) in [5.41, 5.74) is 8.90. The fourth-order valence-electron chi connectivity index (χ4n) is 4.16. The van der Waals surface area contributed by atoms with Gasteiger partial charge in [0.05, 0.1) is 17.1 Å². The van der Waals surface area contributed by atoms with Crippen LogP contribution in [-0.2, 0) is 7.05 Å². The third-order valence-electron chi connectivity index (χ3n) is 5.96. The molecule has 174 valence electrons. The van der Waals surface area contributed by atoms with E-state index in [1.807, 2.05) is 75.8 Å². The van der Waals surface area contributed by atoms with Gasteiger partial charge in [0.25, 0.3) is 5.56 Å². The maximum atomic E-state index is 13.1. The zero-order valence-electron chi connectivity index (χ0n) is 19.7. The zero-order valence-corrected chi connectivity index (χ0v) is 20.5. The number of hydrogen-bond acceptors (Lipinski definition) is 6. The molecule has 0 amide bonds. The summed E-state index contributed by atoms with van der Waals surface area (Å²) >= 11 is 1.52. The van der Waals surface area contributed by atoms with E-state index in [2.05, 4.69) is 31.3 Å². The number of hydrazone groups is 1. The number of para-hydroxylation sites is 1. The van der Waals surface area contributed by atoms with E-state index in [1.165, 1.54) is 11.8 Å². The molecule has 0 aliphatic carbocycles. The predicted molar refractivity (Wildman–Crippen MR) is 135 cm³/mol. The van der Waals surface area contributed by atoms with E-state index in [4.69, 9.17) is 4.52 Å². The second-order valence-electron chi connectivity index (χ2n) is 8.20. The summed E-state index contributed by atoms with van der Waals surface area (Å²) in [6, 6.07) is 13.6. The van der Waals surface area contributed by atoms with Crippen LogP contribution in [0, 0.1) is 27.7 Å². The number of thioether (sulfide) groups is 1. The van der Waals surface area contributed by atoms with Crippen molar-refractivity contribution in [2.75, 3.05) is 5.75 Å². The van der Waals surface area contributed by atoms with Crippen LogP contribution in [0.5, 0.6) is 0 Å². The lowest BCUT2D eigenvalue weighted by Gasteiger charge is -2.14. The Bertz CT molecular complexity index is 1500. The largest absolute Gasteiger partial charge is 0.360 e. The molecule has 0 unspecified atom stereocenters. The summed E-state index contributed by atoms with van der Waals surface area (Å²) < 4.78 is 10.7. The monoisotopic (exact) mass is 475 g/mol. The van der Waals surface area contributed by atoms with Gasteiger partial charge in [-0.05, 0) is 45.9 Å². The van der Waals surface area contributed by atoms with Gasteiger partial charge in [-0.3, -0.25) is 19.5 Å². The second kappa shape index (κ2) is 8.53. The first kappa shape index (κ1) is 22.0. The van der Waals surface area contributed by atoms with Gasteiger partial charge < -0.3 is 4.52 Å². The van der Waals surface area contributed by atoms with Crippen LogP contribution in [0.3, 0.4) is 0 Å². The summed E-state index contributed by atoms with van der Waals surface area (Å²) in [6.45, 7) is 7.85. The summed E-state index contributed by atoms with van der Waals surface area (Å²) in [5.74, 6) is 2.15. The number of aryl methyl sites for hydroxylation is 2. The van der Waals surface area contributed by atoms with Crippen LogP contribution in [0.2, 0.25) is 0 Å². The topological polar surface area (TPSA) is 94.6 Å². The summed E-state index contributed by atoms with van der Waals surface area (Å²) in [5, 5.41) is 9.32. The first-order valence-electron chi connectivity index (χ1n) is 10.9. The summed E-state index contributed by atoms with van der Waals surface area (Å²) in [6.07, 6.45) is 0. The van der Waals surface area contributed by atoms with Crippen LogP contribution in [0.25, 0.3) is 11.5 Å². The van der Waals surface area contributed by atoms with Crippen LogP contribution in [0.1, 0.15) is 28.4 Å². The average Bonchev–Trinajstić information content (AvgIpc) is 3.45. The number of aliphatic imine (C=N–C) groups is 1. The fourth-order valence-corrected chi connectivity index (χ4v) is 4.92. The minimum absolute atomic E-state index is 0.165. The van der Waals surface area contributed by atoms with Crippen molar-refractivity contribution in [2.24, 2.45) is 17.1 Å². The lowest BCUT2D eigenvalue weighted by atomic mass is 10.1. The molecule has 0 radical (unpaired) electrons. The molecule has 9 nitrogen and oxygen atoms in total. The molecule has 4 aromatic rings. The smallest absolute Gasteiger partial charge is 0.297 e. The molecule has 34 heavy (non-hydrogen) atoms. The van der Waals surface area contributed by atoms with Gasteiger partial charge in [-0.1, -0.05) is 35.1 Å². The van der Waals surface area contributed by atoms with E-state index in [-0.39, 0.29) is 5.56 Å². The zero-order chi connectivity index (χ0) is 24.0. The average molecular weight is 476 g/mol. The van der Waals surface area contributed by atoms with Gasteiger partial charge in [0.15, 0.2) is 16.7 Å². The van der Waals surface area contributed by atoms with Crippen molar-refractivity contribution in [2.45, 2.75) is 27.7 Å². The van der Waals surface area contributed by atoms with Crippen LogP contribution >= 0.6 is 11.8 Å². The Kier molecular flexibility index (Phi) is 5.52. The fraction of sp³-hybridized carbons (Fsp3) is 0.250. The first-order chi connectivity index (χ1) is 16.3. The molecule has 0 saturated carbocycles. The van der Waals surface area contributed by atoms with Gasteiger partial charge in [-0.25, -0.2) is 9.67 Å².